The van der Waals surface area contributed by atoms with Crippen LogP contribution in [0.25, 0.3) is 0 Å². The molecular weight excluding hydrogens is 242 g/mol. The monoisotopic (exact) mass is 263 g/mol. The van der Waals surface area contributed by atoms with Gasteiger partial charge in [-0.3, -0.25) is 4.79 Å². The van der Waals surface area contributed by atoms with E-state index in [1.807, 2.05) is 39.0 Å². The Balaban J connectivity index is 2.90. The predicted molar refractivity (Wildman–Crippen MR) is 75.5 cm³/mol. The topological polar surface area (TPSA) is 78.9 Å². The summed E-state index contributed by atoms with van der Waals surface area (Å²) in [7, 11) is 1.72. The second-order valence-electron chi connectivity index (χ2n) is 4.88. The van der Waals surface area contributed by atoms with E-state index in [9.17, 15) is 4.79 Å². The molecular formula is C14H21N3O2. The number of nitrogens with two attached hydrogens (primary N) is 1. The number of amides is 1. The van der Waals surface area contributed by atoms with Gasteiger partial charge in [-0.1, -0.05) is 22.9 Å². The van der Waals surface area contributed by atoms with Crippen molar-refractivity contribution >= 4 is 11.7 Å². The largest absolute Gasteiger partial charge is 0.409 e. The van der Waals surface area contributed by atoms with Crippen LogP contribution in [0, 0.1) is 13.8 Å². The SMILES string of the molecule is Cc1ccc(C)c(C(=O)N(C)C(C)CC(N)=NO)c1. The third-order valence-electron chi connectivity index (χ3n) is 3.24. The van der Waals surface area contributed by atoms with Crippen molar-refractivity contribution in [1.29, 1.82) is 0 Å². The first-order valence-corrected chi connectivity index (χ1v) is 6.17. The molecule has 0 saturated carbocycles. The lowest BCUT2D eigenvalue weighted by atomic mass is 10.0. The molecule has 5 nitrogen and oxygen atoms in total. The normalized spacial score (nSPS) is 13.2. The lowest BCUT2D eigenvalue weighted by Crippen LogP contribution is -2.38. The van der Waals surface area contributed by atoms with E-state index in [2.05, 4.69) is 5.16 Å². The van der Waals surface area contributed by atoms with Crippen molar-refractivity contribution in [3.63, 3.8) is 0 Å². The molecule has 104 valence electrons. The van der Waals surface area contributed by atoms with Gasteiger partial charge in [-0.15, -0.1) is 0 Å². The third-order valence-corrected chi connectivity index (χ3v) is 3.24. The number of hydrogen-bond donors (Lipinski definition) is 2. The van der Waals surface area contributed by atoms with Crippen molar-refractivity contribution in [3.05, 3.63) is 34.9 Å². The fourth-order valence-electron chi connectivity index (χ4n) is 1.84. The fourth-order valence-corrected chi connectivity index (χ4v) is 1.84. The molecule has 3 N–H and O–H groups in total. The van der Waals surface area contributed by atoms with Gasteiger partial charge in [0.1, 0.15) is 5.84 Å². The maximum absolute atomic E-state index is 12.4. The molecule has 1 atom stereocenters. The van der Waals surface area contributed by atoms with E-state index in [4.69, 9.17) is 10.9 Å². The van der Waals surface area contributed by atoms with E-state index in [-0.39, 0.29) is 17.8 Å². The van der Waals surface area contributed by atoms with Gasteiger partial charge in [-0.05, 0) is 32.4 Å². The lowest BCUT2D eigenvalue weighted by Gasteiger charge is -2.25. The number of rotatable bonds is 4. The van der Waals surface area contributed by atoms with Crippen molar-refractivity contribution in [2.75, 3.05) is 7.05 Å². The van der Waals surface area contributed by atoms with Gasteiger partial charge < -0.3 is 15.8 Å². The summed E-state index contributed by atoms with van der Waals surface area (Å²) < 4.78 is 0. The highest BCUT2D eigenvalue weighted by Gasteiger charge is 2.20. The molecule has 5 heteroatoms. The number of hydrogen-bond acceptors (Lipinski definition) is 3. The fraction of sp³-hybridized carbons (Fsp3) is 0.429. The summed E-state index contributed by atoms with van der Waals surface area (Å²) in [5.41, 5.74) is 8.15. The molecule has 1 aromatic carbocycles. The molecule has 0 radical (unpaired) electrons. The highest BCUT2D eigenvalue weighted by Crippen LogP contribution is 2.15. The van der Waals surface area contributed by atoms with E-state index in [0.717, 1.165) is 11.1 Å². The minimum absolute atomic E-state index is 0.0561. The first kappa shape index (κ1) is 15.0. The van der Waals surface area contributed by atoms with E-state index in [1.165, 1.54) is 0 Å². The summed E-state index contributed by atoms with van der Waals surface area (Å²) in [4.78, 5) is 14.0. The average Bonchev–Trinajstić information content (AvgIpc) is 2.39. The highest BCUT2D eigenvalue weighted by atomic mass is 16.4. The Bertz CT molecular complexity index is 497. The van der Waals surface area contributed by atoms with Crippen LogP contribution in [0.1, 0.15) is 34.8 Å². The highest BCUT2D eigenvalue weighted by molar-refractivity contribution is 5.96. The minimum Gasteiger partial charge on any atom is -0.409 e. The molecule has 0 aromatic heterocycles. The van der Waals surface area contributed by atoms with Gasteiger partial charge in [-0.2, -0.15) is 0 Å². The van der Waals surface area contributed by atoms with Crippen LogP contribution in [0.3, 0.4) is 0 Å². The van der Waals surface area contributed by atoms with E-state index in [0.29, 0.717) is 12.0 Å². The zero-order valence-corrected chi connectivity index (χ0v) is 11.8. The molecule has 1 amide bonds. The van der Waals surface area contributed by atoms with Crippen molar-refractivity contribution in [2.45, 2.75) is 33.2 Å². The Kier molecular flexibility index (Phi) is 4.92. The Labute approximate surface area is 113 Å². The van der Waals surface area contributed by atoms with Crippen LogP contribution < -0.4 is 5.73 Å². The van der Waals surface area contributed by atoms with Crippen LogP contribution in [0.15, 0.2) is 23.4 Å². The van der Waals surface area contributed by atoms with E-state index in [1.54, 1.807) is 11.9 Å². The molecule has 0 fully saturated rings. The molecule has 0 aliphatic heterocycles. The van der Waals surface area contributed by atoms with E-state index < -0.39 is 0 Å². The lowest BCUT2D eigenvalue weighted by molar-refractivity contribution is 0.0746. The van der Waals surface area contributed by atoms with Crippen molar-refractivity contribution in [3.8, 4) is 0 Å². The number of oxime groups is 1. The van der Waals surface area contributed by atoms with Gasteiger partial charge in [0.2, 0.25) is 0 Å². The van der Waals surface area contributed by atoms with Gasteiger partial charge in [0.05, 0.1) is 0 Å². The number of nitrogens with zero attached hydrogens (tertiary/aromatic N) is 2. The van der Waals surface area contributed by atoms with Crippen LogP contribution in [-0.4, -0.2) is 34.9 Å². The zero-order chi connectivity index (χ0) is 14.6. The van der Waals surface area contributed by atoms with Crippen LogP contribution in [0.2, 0.25) is 0 Å². The van der Waals surface area contributed by atoms with Gasteiger partial charge in [-0.25, -0.2) is 0 Å². The van der Waals surface area contributed by atoms with Gasteiger partial charge in [0.15, 0.2) is 0 Å². The summed E-state index contributed by atoms with van der Waals surface area (Å²) >= 11 is 0. The van der Waals surface area contributed by atoms with Crippen molar-refractivity contribution in [1.82, 2.24) is 4.90 Å². The van der Waals surface area contributed by atoms with Crippen LogP contribution >= 0.6 is 0 Å². The molecule has 1 rings (SSSR count). The Morgan fingerprint density at radius 2 is 2.11 bits per heavy atom. The second kappa shape index (κ2) is 6.22. The minimum atomic E-state index is -0.136. The number of amidine groups is 1. The Hall–Kier alpha value is -2.04. The molecule has 0 heterocycles. The second-order valence-corrected chi connectivity index (χ2v) is 4.88. The Morgan fingerprint density at radius 3 is 2.68 bits per heavy atom. The molecule has 19 heavy (non-hydrogen) atoms. The molecule has 1 aromatic rings. The first-order valence-electron chi connectivity index (χ1n) is 6.17. The molecule has 0 saturated heterocycles. The quantitative estimate of drug-likeness (QED) is 0.377. The van der Waals surface area contributed by atoms with Crippen LogP contribution in [0.5, 0.6) is 0 Å². The molecule has 1 unspecified atom stereocenters. The maximum atomic E-state index is 12.4. The molecule has 0 aliphatic rings. The molecule has 0 spiro atoms. The summed E-state index contributed by atoms with van der Waals surface area (Å²) in [5, 5.41) is 11.5. The number of aryl methyl sites for hydroxylation is 2. The van der Waals surface area contributed by atoms with Gasteiger partial charge in [0, 0.05) is 25.1 Å². The molecule has 0 bridgehead atoms. The standard InChI is InChI=1S/C14H21N3O2/c1-9-5-6-10(2)12(7-9)14(18)17(4)11(3)8-13(15)16-19/h5-7,11,19H,8H2,1-4H3,(H2,15,16). The van der Waals surface area contributed by atoms with Gasteiger partial charge in [0.25, 0.3) is 5.91 Å². The van der Waals surface area contributed by atoms with Crippen LogP contribution in [0.4, 0.5) is 0 Å². The van der Waals surface area contributed by atoms with Crippen molar-refractivity contribution in [2.24, 2.45) is 10.9 Å². The van der Waals surface area contributed by atoms with Gasteiger partial charge >= 0.3 is 0 Å². The molecule has 0 aliphatic carbocycles. The number of carbonyl (C=O) groups is 1. The van der Waals surface area contributed by atoms with Crippen LogP contribution in [-0.2, 0) is 0 Å². The Morgan fingerprint density at radius 1 is 1.47 bits per heavy atom. The smallest absolute Gasteiger partial charge is 0.254 e. The summed E-state index contributed by atoms with van der Waals surface area (Å²) in [6.07, 6.45) is 0.337. The number of benzene rings is 1. The third kappa shape index (κ3) is 3.71. The first-order chi connectivity index (χ1) is 8.86. The zero-order valence-electron chi connectivity index (χ0n) is 11.8. The van der Waals surface area contributed by atoms with Crippen molar-refractivity contribution < 1.29 is 10.0 Å². The summed E-state index contributed by atoms with van der Waals surface area (Å²) in [6, 6.07) is 5.66. The predicted octanol–water partition coefficient (Wildman–Crippen LogP) is 1.90. The summed E-state index contributed by atoms with van der Waals surface area (Å²) in [6.45, 7) is 5.73. The maximum Gasteiger partial charge on any atom is 0.254 e. The summed E-state index contributed by atoms with van der Waals surface area (Å²) in [5.74, 6) is 0.0625. The van der Waals surface area contributed by atoms with E-state index >= 15 is 0 Å². The number of carbonyl (C=O) groups excluding carboxylic acids is 1. The average molecular weight is 263 g/mol.